The lowest BCUT2D eigenvalue weighted by Crippen LogP contribution is -2.51. The van der Waals surface area contributed by atoms with E-state index >= 15 is 0 Å². The summed E-state index contributed by atoms with van der Waals surface area (Å²) in [5.74, 6) is -0.862. The molecule has 90 valence electrons. The summed E-state index contributed by atoms with van der Waals surface area (Å²) in [5.41, 5.74) is 1.61. The minimum Gasteiger partial charge on any atom is -0.273 e. The Bertz CT molecular complexity index is 495. The highest BCUT2D eigenvalue weighted by molar-refractivity contribution is 7.87. The molecule has 1 aromatic rings. The molecule has 0 bridgehead atoms. The minimum atomic E-state index is -1.38. The van der Waals surface area contributed by atoms with Crippen LogP contribution in [-0.4, -0.2) is 27.0 Å². The molecule has 1 aliphatic rings. The van der Waals surface area contributed by atoms with Crippen molar-refractivity contribution in [1.82, 2.24) is 0 Å². The van der Waals surface area contributed by atoms with E-state index in [1.807, 2.05) is 19.1 Å². The van der Waals surface area contributed by atoms with Crippen LogP contribution < -0.4 is 4.90 Å². The van der Waals surface area contributed by atoms with E-state index in [-0.39, 0.29) is 11.7 Å². The Morgan fingerprint density at radius 1 is 1.24 bits per heavy atom. The predicted octanol–water partition coefficient (Wildman–Crippen LogP) is 1.01. The summed E-state index contributed by atoms with van der Waals surface area (Å²) in [6.07, 6.45) is 0. The Labute approximate surface area is 102 Å². The van der Waals surface area contributed by atoms with Crippen LogP contribution in [0.1, 0.15) is 12.5 Å². The zero-order valence-electron chi connectivity index (χ0n) is 9.67. The molecule has 2 atom stereocenters. The van der Waals surface area contributed by atoms with Crippen molar-refractivity contribution in [2.45, 2.75) is 19.1 Å². The van der Waals surface area contributed by atoms with Crippen molar-refractivity contribution in [1.29, 1.82) is 0 Å². The lowest BCUT2D eigenvalue weighted by atomic mass is 10.2. The van der Waals surface area contributed by atoms with Crippen molar-refractivity contribution in [3.63, 3.8) is 0 Å². The average molecular weight is 251 g/mol. The van der Waals surface area contributed by atoms with Crippen molar-refractivity contribution < 1.29 is 13.8 Å². The Morgan fingerprint density at radius 3 is 2.41 bits per heavy atom. The van der Waals surface area contributed by atoms with Gasteiger partial charge in [0.1, 0.15) is 11.0 Å². The number of hydrogen-bond donors (Lipinski definition) is 0. The van der Waals surface area contributed by atoms with Crippen LogP contribution in [0.15, 0.2) is 24.3 Å². The number of nitrogens with zero attached hydrogens (tertiary/aromatic N) is 1. The molecule has 0 aliphatic carbocycles. The van der Waals surface area contributed by atoms with Crippen LogP contribution in [0.4, 0.5) is 5.69 Å². The monoisotopic (exact) mass is 251 g/mol. The average Bonchev–Trinajstić information content (AvgIpc) is 2.29. The summed E-state index contributed by atoms with van der Waals surface area (Å²) in [4.78, 5) is 24.8. The first-order chi connectivity index (χ1) is 8.00. The largest absolute Gasteiger partial charge is 0.273 e. The van der Waals surface area contributed by atoms with E-state index in [2.05, 4.69) is 0 Å². The highest BCUT2D eigenvalue weighted by Crippen LogP contribution is 2.21. The van der Waals surface area contributed by atoms with Gasteiger partial charge in [-0.25, -0.2) is 4.90 Å². The minimum absolute atomic E-state index is 0.0826. The van der Waals surface area contributed by atoms with Crippen molar-refractivity contribution in [3.05, 3.63) is 29.8 Å². The molecular formula is C12H13NO3S. The summed E-state index contributed by atoms with van der Waals surface area (Å²) in [7, 11) is -1.38. The number of carbonyl (C=O) groups is 2. The third-order valence-electron chi connectivity index (χ3n) is 2.77. The topological polar surface area (TPSA) is 54.5 Å². The van der Waals surface area contributed by atoms with Gasteiger partial charge in [-0.2, -0.15) is 0 Å². The van der Waals surface area contributed by atoms with Gasteiger partial charge in [0, 0.05) is 10.8 Å². The summed E-state index contributed by atoms with van der Waals surface area (Å²) in [6.45, 7) is 3.52. The number of amides is 2. The summed E-state index contributed by atoms with van der Waals surface area (Å²) < 4.78 is 11.5. The first-order valence-corrected chi connectivity index (χ1v) is 6.69. The lowest BCUT2D eigenvalue weighted by molar-refractivity contribution is -0.125. The normalized spacial score (nSPS) is 25.2. The summed E-state index contributed by atoms with van der Waals surface area (Å²) in [6, 6.07) is 7.14. The molecule has 0 radical (unpaired) electrons. The molecule has 0 N–H and O–H groups in total. The molecule has 0 spiro atoms. The molecule has 1 aromatic carbocycles. The van der Waals surface area contributed by atoms with E-state index in [1.165, 1.54) is 0 Å². The summed E-state index contributed by atoms with van der Waals surface area (Å²) in [5, 5.41) is -0.617. The molecule has 1 fully saturated rings. The van der Waals surface area contributed by atoms with Gasteiger partial charge < -0.3 is 0 Å². The van der Waals surface area contributed by atoms with Crippen LogP contribution in [0.2, 0.25) is 0 Å². The third kappa shape index (κ3) is 2.15. The quantitative estimate of drug-likeness (QED) is 0.700. The fourth-order valence-electron chi connectivity index (χ4n) is 1.69. The Balaban J connectivity index is 2.37. The zero-order valence-corrected chi connectivity index (χ0v) is 10.5. The van der Waals surface area contributed by atoms with E-state index in [0.29, 0.717) is 5.69 Å². The van der Waals surface area contributed by atoms with Crippen LogP contribution in [0.3, 0.4) is 0 Å². The fourth-order valence-corrected chi connectivity index (χ4v) is 2.65. The number of anilines is 1. The Morgan fingerprint density at radius 2 is 1.82 bits per heavy atom. The maximum atomic E-state index is 11.9. The van der Waals surface area contributed by atoms with Gasteiger partial charge in [0.15, 0.2) is 0 Å². The van der Waals surface area contributed by atoms with E-state index in [9.17, 15) is 13.8 Å². The van der Waals surface area contributed by atoms with Crippen LogP contribution >= 0.6 is 0 Å². The molecule has 1 saturated heterocycles. The smallest absolute Gasteiger partial charge is 0.249 e. The van der Waals surface area contributed by atoms with E-state index in [0.717, 1.165) is 10.5 Å². The third-order valence-corrected chi connectivity index (χ3v) is 4.29. The zero-order chi connectivity index (χ0) is 12.6. The molecule has 2 amide bonds. The number of carbonyl (C=O) groups excluding carboxylic acids is 2. The van der Waals surface area contributed by atoms with E-state index in [4.69, 9.17) is 0 Å². The van der Waals surface area contributed by atoms with Gasteiger partial charge in [-0.3, -0.25) is 13.8 Å². The van der Waals surface area contributed by atoms with Gasteiger partial charge in [-0.1, -0.05) is 17.7 Å². The molecular weight excluding hydrogens is 238 g/mol. The van der Waals surface area contributed by atoms with Crippen LogP contribution in [0, 0.1) is 6.92 Å². The number of imide groups is 1. The Hall–Kier alpha value is -1.49. The van der Waals surface area contributed by atoms with Gasteiger partial charge in [0.05, 0.1) is 5.69 Å². The second-order valence-corrected chi connectivity index (χ2v) is 5.83. The SMILES string of the molecule is Cc1ccc(N2C(=O)C[S@](=O)[C@H](C)C2=O)cc1. The van der Waals surface area contributed by atoms with Crippen LogP contribution in [0.25, 0.3) is 0 Å². The standard InChI is InChI=1S/C12H13NO3S/c1-8-3-5-10(6-4-8)13-11(14)7-17(16)9(2)12(13)15/h3-6,9H,7H2,1-2H3/t9-,17+/m1/s1. The number of benzene rings is 1. The molecule has 5 heteroatoms. The van der Waals surface area contributed by atoms with Crippen LogP contribution in [0.5, 0.6) is 0 Å². The molecule has 0 aromatic heterocycles. The van der Waals surface area contributed by atoms with Crippen molar-refractivity contribution in [3.8, 4) is 0 Å². The maximum Gasteiger partial charge on any atom is 0.249 e. The van der Waals surface area contributed by atoms with Gasteiger partial charge in [0.25, 0.3) is 0 Å². The highest BCUT2D eigenvalue weighted by Gasteiger charge is 2.37. The van der Waals surface area contributed by atoms with Crippen LogP contribution in [-0.2, 0) is 20.4 Å². The number of aryl methyl sites for hydroxylation is 1. The second kappa shape index (κ2) is 4.41. The molecule has 2 rings (SSSR count). The molecule has 4 nitrogen and oxygen atoms in total. The second-order valence-electron chi connectivity index (χ2n) is 4.07. The van der Waals surface area contributed by atoms with E-state index in [1.54, 1.807) is 19.1 Å². The first-order valence-electron chi connectivity index (χ1n) is 5.31. The maximum absolute atomic E-state index is 11.9. The highest BCUT2D eigenvalue weighted by atomic mass is 32.2. The predicted molar refractivity (Wildman–Crippen MR) is 66.1 cm³/mol. The Kier molecular flexibility index (Phi) is 3.11. The van der Waals surface area contributed by atoms with Gasteiger partial charge in [-0.05, 0) is 26.0 Å². The molecule has 1 aliphatic heterocycles. The first kappa shape index (κ1) is 12.0. The van der Waals surface area contributed by atoms with Crippen molar-refractivity contribution >= 4 is 28.3 Å². The van der Waals surface area contributed by atoms with Gasteiger partial charge in [0.2, 0.25) is 11.8 Å². The lowest BCUT2D eigenvalue weighted by Gasteiger charge is -2.28. The van der Waals surface area contributed by atoms with Crippen molar-refractivity contribution in [2.75, 3.05) is 10.7 Å². The summed E-state index contributed by atoms with van der Waals surface area (Å²) >= 11 is 0. The van der Waals surface area contributed by atoms with Gasteiger partial charge >= 0.3 is 0 Å². The molecule has 0 saturated carbocycles. The number of hydrogen-bond acceptors (Lipinski definition) is 3. The molecule has 1 heterocycles. The molecule has 17 heavy (non-hydrogen) atoms. The molecule has 0 unspecified atom stereocenters. The van der Waals surface area contributed by atoms with Gasteiger partial charge in [-0.15, -0.1) is 0 Å². The van der Waals surface area contributed by atoms with Crippen molar-refractivity contribution in [2.24, 2.45) is 0 Å². The van der Waals surface area contributed by atoms with E-state index < -0.39 is 22.0 Å². The fraction of sp³-hybridized carbons (Fsp3) is 0.333. The number of rotatable bonds is 1.